The second-order valence-corrected chi connectivity index (χ2v) is 4.13. The Morgan fingerprint density at radius 1 is 1.23 bits per heavy atom. The summed E-state index contributed by atoms with van der Waals surface area (Å²) < 4.78 is 35.3. The zero-order chi connectivity index (χ0) is 15.9. The van der Waals surface area contributed by atoms with Crippen molar-refractivity contribution in [3.63, 3.8) is 0 Å². The van der Waals surface area contributed by atoms with Crippen molar-refractivity contribution in [3.8, 4) is 0 Å². The molecule has 0 bridgehead atoms. The summed E-state index contributed by atoms with van der Waals surface area (Å²) >= 11 is 0. The number of furan rings is 1. The van der Waals surface area contributed by atoms with Gasteiger partial charge in [0.15, 0.2) is 18.2 Å². The van der Waals surface area contributed by atoms with Crippen LogP contribution in [-0.2, 0) is 14.3 Å². The van der Waals surface area contributed by atoms with Crippen LogP contribution in [0.3, 0.4) is 0 Å². The number of carbonyl (C=O) groups excluding carboxylic acids is 2. The van der Waals surface area contributed by atoms with E-state index in [1.54, 1.807) is 12.1 Å². The van der Waals surface area contributed by atoms with Crippen molar-refractivity contribution in [3.05, 3.63) is 60.1 Å². The normalized spacial score (nSPS) is 10.6. The average Bonchev–Trinajstić information content (AvgIpc) is 3.00. The van der Waals surface area contributed by atoms with Crippen LogP contribution >= 0.6 is 0 Å². The van der Waals surface area contributed by atoms with Gasteiger partial charge in [-0.3, -0.25) is 4.79 Å². The first-order valence-electron chi connectivity index (χ1n) is 6.18. The van der Waals surface area contributed by atoms with E-state index in [-0.39, 0.29) is 5.69 Å². The van der Waals surface area contributed by atoms with E-state index in [2.05, 4.69) is 10.1 Å². The molecule has 0 atom stereocenters. The van der Waals surface area contributed by atoms with Gasteiger partial charge in [-0.1, -0.05) is 0 Å². The van der Waals surface area contributed by atoms with Gasteiger partial charge in [0.05, 0.1) is 6.26 Å². The molecule has 0 unspecified atom stereocenters. The highest BCUT2D eigenvalue weighted by molar-refractivity contribution is 5.94. The number of nitrogens with one attached hydrogen (secondary N) is 1. The molecule has 0 aliphatic rings. The van der Waals surface area contributed by atoms with Crippen molar-refractivity contribution in [1.82, 2.24) is 0 Å². The third-order valence-corrected chi connectivity index (χ3v) is 2.48. The van der Waals surface area contributed by atoms with Crippen LogP contribution in [0.2, 0.25) is 0 Å². The van der Waals surface area contributed by atoms with Crippen molar-refractivity contribution in [2.45, 2.75) is 0 Å². The fourth-order valence-electron chi connectivity index (χ4n) is 1.49. The van der Waals surface area contributed by atoms with Crippen LogP contribution in [0.25, 0.3) is 6.08 Å². The number of carbonyl (C=O) groups is 2. The molecule has 0 saturated heterocycles. The Kier molecular flexibility index (Phi) is 5.02. The molecule has 1 amide bonds. The van der Waals surface area contributed by atoms with E-state index < -0.39 is 30.1 Å². The van der Waals surface area contributed by atoms with Crippen LogP contribution in [0.1, 0.15) is 5.76 Å². The highest BCUT2D eigenvalue weighted by Crippen LogP contribution is 2.12. The molecular formula is C15H11F2NO4. The first-order valence-corrected chi connectivity index (χ1v) is 6.18. The van der Waals surface area contributed by atoms with Gasteiger partial charge in [-0.25, -0.2) is 13.6 Å². The number of rotatable bonds is 5. The lowest BCUT2D eigenvalue weighted by Crippen LogP contribution is -2.20. The van der Waals surface area contributed by atoms with Crippen molar-refractivity contribution in [2.75, 3.05) is 11.9 Å². The minimum absolute atomic E-state index is 0.0612. The summed E-state index contributed by atoms with van der Waals surface area (Å²) in [5, 5.41) is 2.27. The van der Waals surface area contributed by atoms with Gasteiger partial charge in [0.2, 0.25) is 0 Å². The molecule has 1 aromatic carbocycles. The Balaban J connectivity index is 1.79. The summed E-state index contributed by atoms with van der Waals surface area (Å²) in [4.78, 5) is 22.9. The van der Waals surface area contributed by atoms with Gasteiger partial charge in [0, 0.05) is 17.8 Å². The lowest BCUT2D eigenvalue weighted by molar-refractivity contribution is -0.142. The Bertz CT molecular complexity index is 696. The van der Waals surface area contributed by atoms with Gasteiger partial charge < -0.3 is 14.5 Å². The summed E-state index contributed by atoms with van der Waals surface area (Å²) in [6, 6.07) is 6.18. The van der Waals surface area contributed by atoms with E-state index >= 15 is 0 Å². The molecule has 0 saturated carbocycles. The van der Waals surface area contributed by atoms with Crippen LogP contribution in [-0.4, -0.2) is 18.5 Å². The molecule has 2 aromatic rings. The molecule has 0 fully saturated rings. The SMILES string of the molecule is O=C(COC(=O)/C=C/c1ccco1)Nc1ccc(F)c(F)c1. The topological polar surface area (TPSA) is 68.5 Å². The molecular weight excluding hydrogens is 296 g/mol. The molecule has 0 aliphatic carbocycles. The van der Waals surface area contributed by atoms with Crippen LogP contribution in [0.15, 0.2) is 47.1 Å². The Morgan fingerprint density at radius 2 is 2.05 bits per heavy atom. The van der Waals surface area contributed by atoms with Gasteiger partial charge >= 0.3 is 5.97 Å². The fourth-order valence-corrected chi connectivity index (χ4v) is 1.49. The monoisotopic (exact) mass is 307 g/mol. The number of hydrogen-bond donors (Lipinski definition) is 1. The Hall–Kier alpha value is -2.96. The van der Waals surface area contributed by atoms with Gasteiger partial charge in [-0.2, -0.15) is 0 Å². The molecule has 0 aliphatic heterocycles. The van der Waals surface area contributed by atoms with E-state index in [1.165, 1.54) is 18.4 Å². The molecule has 114 valence electrons. The van der Waals surface area contributed by atoms with Crippen molar-refractivity contribution in [2.24, 2.45) is 0 Å². The smallest absolute Gasteiger partial charge is 0.331 e. The lowest BCUT2D eigenvalue weighted by Gasteiger charge is -2.05. The highest BCUT2D eigenvalue weighted by Gasteiger charge is 2.08. The number of hydrogen-bond acceptors (Lipinski definition) is 4. The van der Waals surface area contributed by atoms with Gasteiger partial charge in [-0.05, 0) is 30.3 Å². The third kappa shape index (κ3) is 4.55. The zero-order valence-electron chi connectivity index (χ0n) is 11.2. The van der Waals surface area contributed by atoms with Crippen LogP contribution in [0.5, 0.6) is 0 Å². The molecule has 0 spiro atoms. The highest BCUT2D eigenvalue weighted by atomic mass is 19.2. The molecule has 5 nitrogen and oxygen atoms in total. The first kappa shape index (κ1) is 15.4. The number of ether oxygens (including phenoxy) is 1. The van der Waals surface area contributed by atoms with E-state index in [0.717, 1.165) is 18.2 Å². The van der Waals surface area contributed by atoms with E-state index in [1.807, 2.05) is 0 Å². The maximum Gasteiger partial charge on any atom is 0.331 e. The summed E-state index contributed by atoms with van der Waals surface area (Å²) in [5.74, 6) is -3.06. The minimum atomic E-state index is -1.09. The van der Waals surface area contributed by atoms with Crippen molar-refractivity contribution < 1.29 is 27.5 Å². The standard InChI is InChI=1S/C15H11F2NO4/c16-12-5-3-10(8-13(12)17)18-14(19)9-22-15(20)6-4-11-2-1-7-21-11/h1-8H,9H2,(H,18,19)/b6-4+. The Morgan fingerprint density at radius 3 is 2.73 bits per heavy atom. The van der Waals surface area contributed by atoms with Gasteiger partial charge in [0.25, 0.3) is 5.91 Å². The van der Waals surface area contributed by atoms with Gasteiger partial charge in [-0.15, -0.1) is 0 Å². The summed E-state index contributed by atoms with van der Waals surface area (Å²) in [6.07, 6.45) is 3.93. The van der Waals surface area contributed by atoms with Crippen molar-refractivity contribution in [1.29, 1.82) is 0 Å². The number of halogens is 2. The van der Waals surface area contributed by atoms with Crippen LogP contribution in [0.4, 0.5) is 14.5 Å². The second kappa shape index (κ2) is 7.16. The van der Waals surface area contributed by atoms with Gasteiger partial charge in [0.1, 0.15) is 5.76 Å². The maximum absolute atomic E-state index is 12.9. The predicted molar refractivity (Wildman–Crippen MR) is 73.7 cm³/mol. The van der Waals surface area contributed by atoms with E-state index in [9.17, 15) is 18.4 Å². The first-order chi connectivity index (χ1) is 10.5. The third-order valence-electron chi connectivity index (χ3n) is 2.48. The number of anilines is 1. The van der Waals surface area contributed by atoms with Crippen LogP contribution < -0.4 is 5.32 Å². The average molecular weight is 307 g/mol. The molecule has 2 rings (SSSR count). The minimum Gasteiger partial charge on any atom is -0.465 e. The summed E-state index contributed by atoms with van der Waals surface area (Å²) in [5.41, 5.74) is 0.0612. The number of benzene rings is 1. The van der Waals surface area contributed by atoms with E-state index in [4.69, 9.17) is 4.42 Å². The molecule has 0 radical (unpaired) electrons. The van der Waals surface area contributed by atoms with Crippen molar-refractivity contribution >= 4 is 23.6 Å². The summed E-state index contributed by atoms with van der Waals surface area (Å²) in [6.45, 7) is -0.555. The van der Waals surface area contributed by atoms with Crippen LogP contribution in [0, 0.1) is 11.6 Å². The second-order valence-electron chi connectivity index (χ2n) is 4.13. The molecule has 7 heteroatoms. The quantitative estimate of drug-likeness (QED) is 0.681. The molecule has 1 N–H and O–H groups in total. The summed E-state index contributed by atoms with van der Waals surface area (Å²) in [7, 11) is 0. The Labute approximate surface area is 124 Å². The molecule has 22 heavy (non-hydrogen) atoms. The lowest BCUT2D eigenvalue weighted by atomic mass is 10.3. The maximum atomic E-state index is 12.9. The number of amides is 1. The molecule has 1 aromatic heterocycles. The number of esters is 1. The zero-order valence-corrected chi connectivity index (χ0v) is 11.2. The predicted octanol–water partition coefficient (Wildman–Crippen LogP) is 2.75. The van der Waals surface area contributed by atoms with E-state index in [0.29, 0.717) is 5.76 Å². The molecule has 1 heterocycles. The fraction of sp³-hybridized carbons (Fsp3) is 0.0667. The largest absolute Gasteiger partial charge is 0.465 e.